The highest BCUT2D eigenvalue weighted by atomic mass is 16.3. The van der Waals surface area contributed by atoms with Gasteiger partial charge in [0.25, 0.3) is 0 Å². The van der Waals surface area contributed by atoms with Gasteiger partial charge in [0.15, 0.2) is 0 Å². The van der Waals surface area contributed by atoms with Gasteiger partial charge in [-0.25, -0.2) is 4.79 Å². The SMILES string of the molecule is CC(C)C(=O)Nc1cccc(NC(=O)N(CCCO)CC(C)(C)C)c1. The van der Waals surface area contributed by atoms with Crippen molar-refractivity contribution in [1.29, 1.82) is 0 Å². The molecule has 0 atom stereocenters. The van der Waals surface area contributed by atoms with Gasteiger partial charge in [-0.3, -0.25) is 4.79 Å². The topological polar surface area (TPSA) is 81.7 Å². The van der Waals surface area contributed by atoms with Gasteiger partial charge in [0.05, 0.1) is 0 Å². The number of aliphatic hydroxyl groups excluding tert-OH is 1. The normalized spacial score (nSPS) is 11.3. The molecule has 0 saturated carbocycles. The van der Waals surface area contributed by atoms with Crippen molar-refractivity contribution in [2.75, 3.05) is 30.3 Å². The number of benzene rings is 1. The number of rotatable bonds is 7. The highest BCUT2D eigenvalue weighted by Crippen LogP contribution is 2.19. The molecule has 0 aliphatic heterocycles. The van der Waals surface area contributed by atoms with Gasteiger partial charge in [0.2, 0.25) is 5.91 Å². The summed E-state index contributed by atoms with van der Waals surface area (Å²) < 4.78 is 0. The summed E-state index contributed by atoms with van der Waals surface area (Å²) in [4.78, 5) is 26.1. The largest absolute Gasteiger partial charge is 0.396 e. The zero-order chi connectivity index (χ0) is 19.0. The summed E-state index contributed by atoms with van der Waals surface area (Å²) in [6, 6.07) is 6.88. The van der Waals surface area contributed by atoms with E-state index < -0.39 is 0 Å². The van der Waals surface area contributed by atoms with E-state index in [1.54, 1.807) is 29.2 Å². The molecule has 0 aromatic heterocycles. The Morgan fingerprint density at radius 3 is 2.28 bits per heavy atom. The van der Waals surface area contributed by atoms with Crippen LogP contribution in [-0.4, -0.2) is 41.6 Å². The van der Waals surface area contributed by atoms with Gasteiger partial charge >= 0.3 is 6.03 Å². The van der Waals surface area contributed by atoms with Crippen molar-refractivity contribution >= 4 is 23.3 Å². The van der Waals surface area contributed by atoms with Gasteiger partial charge in [-0.15, -0.1) is 0 Å². The van der Waals surface area contributed by atoms with Crippen LogP contribution in [0.15, 0.2) is 24.3 Å². The zero-order valence-electron chi connectivity index (χ0n) is 15.9. The van der Waals surface area contributed by atoms with Gasteiger partial charge in [0.1, 0.15) is 0 Å². The Morgan fingerprint density at radius 1 is 1.16 bits per heavy atom. The number of nitrogens with one attached hydrogen (secondary N) is 2. The first kappa shape index (κ1) is 21.0. The third-order valence-corrected chi connectivity index (χ3v) is 3.44. The second-order valence-electron chi connectivity index (χ2n) is 7.71. The molecule has 6 heteroatoms. The second-order valence-corrected chi connectivity index (χ2v) is 7.71. The van der Waals surface area contributed by atoms with Gasteiger partial charge in [0, 0.05) is 37.0 Å². The molecule has 0 aliphatic rings. The van der Waals surface area contributed by atoms with Crippen LogP contribution in [-0.2, 0) is 4.79 Å². The fraction of sp³-hybridized carbons (Fsp3) is 0.579. The number of amides is 3. The summed E-state index contributed by atoms with van der Waals surface area (Å²) in [6.07, 6.45) is 0.536. The van der Waals surface area contributed by atoms with Crippen LogP contribution in [0.25, 0.3) is 0 Å². The molecule has 0 saturated heterocycles. The summed E-state index contributed by atoms with van der Waals surface area (Å²) in [5.74, 6) is -0.181. The van der Waals surface area contributed by atoms with Crippen LogP contribution in [0.5, 0.6) is 0 Å². The van der Waals surface area contributed by atoms with E-state index in [0.717, 1.165) is 0 Å². The lowest BCUT2D eigenvalue weighted by Gasteiger charge is -2.30. The molecule has 1 aromatic carbocycles. The molecule has 6 nitrogen and oxygen atoms in total. The molecule has 0 heterocycles. The monoisotopic (exact) mass is 349 g/mol. The molecule has 0 fully saturated rings. The average molecular weight is 349 g/mol. The lowest BCUT2D eigenvalue weighted by atomic mass is 9.96. The van der Waals surface area contributed by atoms with Gasteiger partial charge < -0.3 is 20.6 Å². The molecule has 0 bridgehead atoms. The first-order valence-corrected chi connectivity index (χ1v) is 8.70. The van der Waals surface area contributed by atoms with E-state index in [9.17, 15) is 9.59 Å². The van der Waals surface area contributed by atoms with E-state index in [2.05, 4.69) is 31.4 Å². The molecule has 0 unspecified atom stereocenters. The summed E-state index contributed by atoms with van der Waals surface area (Å²) in [7, 11) is 0. The quantitative estimate of drug-likeness (QED) is 0.704. The van der Waals surface area contributed by atoms with Crippen LogP contribution >= 0.6 is 0 Å². The highest BCUT2D eigenvalue weighted by Gasteiger charge is 2.21. The number of carbonyl (C=O) groups is 2. The third kappa shape index (κ3) is 8.03. The molecular formula is C19H31N3O3. The van der Waals surface area contributed by atoms with Crippen LogP contribution in [0.4, 0.5) is 16.2 Å². The molecule has 1 rings (SSSR count). The lowest BCUT2D eigenvalue weighted by molar-refractivity contribution is -0.118. The standard InChI is InChI=1S/C19H31N3O3/c1-14(2)17(24)20-15-8-6-9-16(12-15)21-18(25)22(10-7-11-23)13-19(3,4)5/h6,8-9,12,14,23H,7,10-11,13H2,1-5H3,(H,20,24)(H,21,25). The van der Waals surface area contributed by atoms with Gasteiger partial charge in [-0.2, -0.15) is 0 Å². The molecule has 25 heavy (non-hydrogen) atoms. The first-order valence-electron chi connectivity index (χ1n) is 8.70. The molecule has 0 spiro atoms. The molecular weight excluding hydrogens is 318 g/mol. The first-order chi connectivity index (χ1) is 11.6. The number of hydrogen-bond acceptors (Lipinski definition) is 3. The van der Waals surface area contributed by atoms with Crippen molar-refractivity contribution in [3.8, 4) is 0 Å². The summed E-state index contributed by atoms with van der Waals surface area (Å²) in [6.45, 7) is 11.0. The highest BCUT2D eigenvalue weighted by molar-refractivity contribution is 5.94. The minimum Gasteiger partial charge on any atom is -0.396 e. The number of urea groups is 1. The van der Waals surface area contributed by atoms with Crippen molar-refractivity contribution in [3.63, 3.8) is 0 Å². The van der Waals surface area contributed by atoms with Crippen LogP contribution < -0.4 is 10.6 Å². The fourth-order valence-electron chi connectivity index (χ4n) is 2.25. The van der Waals surface area contributed by atoms with Crippen molar-refractivity contribution in [2.45, 2.75) is 41.0 Å². The Hall–Kier alpha value is -2.08. The summed E-state index contributed by atoms with van der Waals surface area (Å²) >= 11 is 0. The number of aliphatic hydroxyl groups is 1. The Morgan fingerprint density at radius 2 is 1.76 bits per heavy atom. The molecule has 3 N–H and O–H groups in total. The smallest absolute Gasteiger partial charge is 0.321 e. The minimum atomic E-state index is -0.212. The molecule has 140 valence electrons. The number of hydrogen-bond donors (Lipinski definition) is 3. The van der Waals surface area contributed by atoms with E-state index >= 15 is 0 Å². The predicted molar refractivity (Wildman–Crippen MR) is 102 cm³/mol. The Bertz CT molecular complexity index is 580. The van der Waals surface area contributed by atoms with Crippen LogP contribution in [0.2, 0.25) is 0 Å². The maximum Gasteiger partial charge on any atom is 0.321 e. The lowest BCUT2D eigenvalue weighted by Crippen LogP contribution is -2.41. The van der Waals surface area contributed by atoms with E-state index in [-0.39, 0.29) is 29.9 Å². The molecule has 0 aliphatic carbocycles. The number of nitrogens with zero attached hydrogens (tertiary/aromatic N) is 1. The van der Waals surface area contributed by atoms with Gasteiger partial charge in [-0.05, 0) is 30.0 Å². The summed E-state index contributed by atoms with van der Waals surface area (Å²) in [5, 5.41) is 14.7. The van der Waals surface area contributed by atoms with E-state index in [0.29, 0.717) is 30.9 Å². The second kappa shape index (κ2) is 9.42. The van der Waals surface area contributed by atoms with Crippen molar-refractivity contribution in [1.82, 2.24) is 4.90 Å². The zero-order valence-corrected chi connectivity index (χ0v) is 15.9. The van der Waals surface area contributed by atoms with Crippen LogP contribution in [0, 0.1) is 11.3 Å². The van der Waals surface area contributed by atoms with Crippen LogP contribution in [0.1, 0.15) is 41.0 Å². The van der Waals surface area contributed by atoms with Crippen molar-refractivity contribution in [2.24, 2.45) is 11.3 Å². The summed E-state index contributed by atoms with van der Waals surface area (Å²) in [5.41, 5.74) is 1.23. The molecule has 1 aromatic rings. The Balaban J connectivity index is 2.80. The third-order valence-electron chi connectivity index (χ3n) is 3.44. The van der Waals surface area contributed by atoms with E-state index in [4.69, 9.17) is 5.11 Å². The average Bonchev–Trinajstić information content (AvgIpc) is 2.50. The minimum absolute atomic E-state index is 0.0418. The van der Waals surface area contributed by atoms with E-state index in [1.165, 1.54) is 0 Å². The van der Waals surface area contributed by atoms with Crippen molar-refractivity contribution in [3.05, 3.63) is 24.3 Å². The van der Waals surface area contributed by atoms with E-state index in [1.807, 2.05) is 13.8 Å². The van der Waals surface area contributed by atoms with Crippen molar-refractivity contribution < 1.29 is 14.7 Å². The Labute approximate surface area is 150 Å². The predicted octanol–water partition coefficient (Wildman–Crippen LogP) is 3.54. The van der Waals surface area contributed by atoms with Crippen LogP contribution in [0.3, 0.4) is 0 Å². The van der Waals surface area contributed by atoms with Gasteiger partial charge in [-0.1, -0.05) is 40.7 Å². The number of carbonyl (C=O) groups excluding carboxylic acids is 2. The molecule has 3 amide bonds. The number of anilines is 2. The Kier molecular flexibility index (Phi) is 7.90. The molecule has 0 radical (unpaired) electrons. The maximum absolute atomic E-state index is 12.6. The fourth-order valence-corrected chi connectivity index (χ4v) is 2.25. The maximum atomic E-state index is 12.6.